The van der Waals surface area contributed by atoms with E-state index in [1.54, 1.807) is 11.6 Å². The summed E-state index contributed by atoms with van der Waals surface area (Å²) in [5.41, 5.74) is -1.16. The Hall–Kier alpha value is -2.66. The number of hydrogen-bond acceptors (Lipinski definition) is 5. The van der Waals surface area contributed by atoms with Crippen LogP contribution in [0.25, 0.3) is 0 Å². The fourth-order valence-corrected chi connectivity index (χ4v) is 5.46. The molecule has 1 saturated carbocycles. The van der Waals surface area contributed by atoms with Crippen molar-refractivity contribution in [1.29, 1.82) is 0 Å². The summed E-state index contributed by atoms with van der Waals surface area (Å²) >= 11 is 0. The number of rotatable bonds is 6. The molecule has 2 unspecified atom stereocenters. The number of alkyl halides is 3. The van der Waals surface area contributed by atoms with Crippen molar-refractivity contribution in [2.45, 2.75) is 31.6 Å². The molecular formula is C24H28F4N4O3. The van der Waals surface area contributed by atoms with E-state index in [-0.39, 0.29) is 23.9 Å². The molecular weight excluding hydrogens is 468 g/mol. The minimum Gasteiger partial charge on any atom is -0.389 e. The Morgan fingerprint density at radius 2 is 1.94 bits per heavy atom. The van der Waals surface area contributed by atoms with Crippen LogP contribution >= 0.6 is 0 Å². The van der Waals surface area contributed by atoms with Crippen LogP contribution in [-0.4, -0.2) is 64.3 Å². The molecule has 0 radical (unpaired) electrons. The standard InChI is InChI=1S/C24H28F4N4O3/c1-30-13-22(29-14-30)35-23(33)32(9-15-2-3-21(25)20(8-15)24(26,27)28)12-19-17-10-31(11-18(17)19)16-4-6-34-7-5-16/h2-3,8,13-14,16-19H,4-7,9-12H2,1H3. The number of aryl methyl sites for hydroxylation is 1. The van der Waals surface area contributed by atoms with Crippen LogP contribution in [0.2, 0.25) is 0 Å². The van der Waals surface area contributed by atoms with Gasteiger partial charge < -0.3 is 18.9 Å². The number of halogens is 4. The Morgan fingerprint density at radius 1 is 1.23 bits per heavy atom. The molecule has 0 spiro atoms. The fraction of sp³-hybridized carbons (Fsp3) is 0.583. The lowest BCUT2D eigenvalue weighted by Gasteiger charge is -2.33. The van der Waals surface area contributed by atoms with Crippen LogP contribution < -0.4 is 4.74 Å². The molecule has 1 aromatic heterocycles. The Bertz CT molecular complexity index is 1060. The first kappa shape index (κ1) is 24.1. The van der Waals surface area contributed by atoms with Crippen molar-refractivity contribution >= 4 is 6.09 Å². The number of aromatic nitrogens is 2. The SMILES string of the molecule is Cn1cnc(OC(=O)N(Cc2ccc(F)c(C(F)(F)F)c2)CC2C3CN(C4CCOCC4)CC23)c1. The molecule has 0 N–H and O–H groups in total. The second-order valence-corrected chi connectivity index (χ2v) is 9.73. The van der Waals surface area contributed by atoms with Crippen LogP contribution in [0.5, 0.6) is 5.88 Å². The number of amides is 1. The summed E-state index contributed by atoms with van der Waals surface area (Å²) in [6.07, 6.45) is -0.433. The highest BCUT2D eigenvalue weighted by molar-refractivity contribution is 5.70. The molecule has 2 aliphatic heterocycles. The van der Waals surface area contributed by atoms with Crippen molar-refractivity contribution in [1.82, 2.24) is 19.4 Å². The summed E-state index contributed by atoms with van der Waals surface area (Å²) in [7, 11) is 1.73. The molecule has 11 heteroatoms. The van der Waals surface area contributed by atoms with Crippen molar-refractivity contribution < 1.29 is 31.8 Å². The molecule has 1 amide bonds. The van der Waals surface area contributed by atoms with Gasteiger partial charge >= 0.3 is 12.3 Å². The van der Waals surface area contributed by atoms with Crippen molar-refractivity contribution in [3.05, 3.63) is 47.7 Å². The number of imidazole rings is 1. The largest absolute Gasteiger partial charge is 0.419 e. The molecule has 2 aromatic rings. The predicted octanol–water partition coefficient (Wildman–Crippen LogP) is 3.94. The Morgan fingerprint density at radius 3 is 2.57 bits per heavy atom. The van der Waals surface area contributed by atoms with Crippen LogP contribution in [0.15, 0.2) is 30.7 Å². The second kappa shape index (κ2) is 9.42. The van der Waals surface area contributed by atoms with Gasteiger partial charge in [0.15, 0.2) is 0 Å². The molecule has 3 fully saturated rings. The fourth-order valence-electron chi connectivity index (χ4n) is 5.46. The molecule has 2 saturated heterocycles. The molecule has 35 heavy (non-hydrogen) atoms. The predicted molar refractivity (Wildman–Crippen MR) is 117 cm³/mol. The maximum absolute atomic E-state index is 13.8. The number of fused-ring (bicyclic) bond motifs is 1. The van der Waals surface area contributed by atoms with Crippen LogP contribution in [0.3, 0.4) is 0 Å². The van der Waals surface area contributed by atoms with Gasteiger partial charge in [0.25, 0.3) is 0 Å². The zero-order valence-corrected chi connectivity index (χ0v) is 19.4. The van der Waals surface area contributed by atoms with E-state index in [0.717, 1.165) is 51.3 Å². The quantitative estimate of drug-likeness (QED) is 0.568. The van der Waals surface area contributed by atoms with Crippen LogP contribution in [0.4, 0.5) is 22.4 Å². The maximum Gasteiger partial charge on any atom is 0.419 e. The first-order valence-corrected chi connectivity index (χ1v) is 11.8. The van der Waals surface area contributed by atoms with Crippen molar-refractivity contribution in [3.63, 3.8) is 0 Å². The number of carbonyl (C=O) groups is 1. The Balaban J connectivity index is 1.28. The number of carbonyl (C=O) groups excluding carboxylic acids is 1. The summed E-state index contributed by atoms with van der Waals surface area (Å²) in [5.74, 6) is -0.0816. The molecule has 7 nitrogen and oxygen atoms in total. The summed E-state index contributed by atoms with van der Waals surface area (Å²) in [4.78, 5) is 20.9. The average molecular weight is 497 g/mol. The molecule has 1 aliphatic carbocycles. The van der Waals surface area contributed by atoms with Gasteiger partial charge in [0.2, 0.25) is 5.88 Å². The smallest absolute Gasteiger partial charge is 0.389 e. The number of hydrogen-bond donors (Lipinski definition) is 0. The summed E-state index contributed by atoms with van der Waals surface area (Å²) in [6.45, 7) is 3.72. The normalized spacial score (nSPS) is 24.9. The van der Waals surface area contributed by atoms with Gasteiger partial charge in [0.1, 0.15) is 5.82 Å². The number of nitrogens with zero attached hydrogens (tertiary/aromatic N) is 4. The van der Waals surface area contributed by atoms with Gasteiger partial charge in [-0.05, 0) is 48.3 Å². The monoisotopic (exact) mass is 496 g/mol. The average Bonchev–Trinajstić information content (AvgIpc) is 3.14. The summed E-state index contributed by atoms with van der Waals surface area (Å²) in [6, 6.07) is 3.35. The third-order valence-corrected chi connectivity index (χ3v) is 7.38. The molecule has 5 rings (SSSR count). The Labute approximate surface area is 200 Å². The molecule has 3 aliphatic rings. The first-order chi connectivity index (χ1) is 16.7. The van der Waals surface area contributed by atoms with Gasteiger partial charge in [-0.15, -0.1) is 0 Å². The van der Waals surface area contributed by atoms with E-state index >= 15 is 0 Å². The lowest BCUT2D eigenvalue weighted by atomic mass is 10.1. The van der Waals surface area contributed by atoms with E-state index in [9.17, 15) is 22.4 Å². The minimum absolute atomic E-state index is 0.110. The highest BCUT2D eigenvalue weighted by Gasteiger charge is 2.57. The molecule has 190 valence electrons. The van der Waals surface area contributed by atoms with Crippen LogP contribution in [0, 0.1) is 23.6 Å². The van der Waals surface area contributed by atoms with Gasteiger partial charge in [-0.2, -0.15) is 13.2 Å². The summed E-state index contributed by atoms with van der Waals surface area (Å²) in [5, 5.41) is 0. The number of ether oxygens (including phenoxy) is 2. The van der Waals surface area contributed by atoms with E-state index in [4.69, 9.17) is 9.47 Å². The third-order valence-electron chi connectivity index (χ3n) is 7.38. The van der Waals surface area contributed by atoms with Crippen molar-refractivity contribution in [2.75, 3.05) is 32.8 Å². The topological polar surface area (TPSA) is 59.8 Å². The molecule has 3 heterocycles. The third kappa shape index (κ3) is 5.30. The van der Waals surface area contributed by atoms with Crippen LogP contribution in [-0.2, 0) is 24.5 Å². The zero-order valence-electron chi connectivity index (χ0n) is 19.4. The van der Waals surface area contributed by atoms with E-state index in [0.29, 0.717) is 24.4 Å². The van der Waals surface area contributed by atoms with Gasteiger partial charge in [-0.25, -0.2) is 14.2 Å². The number of piperidine rings is 1. The molecule has 2 atom stereocenters. The van der Waals surface area contributed by atoms with Crippen molar-refractivity contribution in [2.24, 2.45) is 24.8 Å². The highest BCUT2D eigenvalue weighted by atomic mass is 19.4. The Kier molecular flexibility index (Phi) is 6.47. The highest BCUT2D eigenvalue weighted by Crippen LogP contribution is 2.53. The summed E-state index contributed by atoms with van der Waals surface area (Å²) < 4.78 is 65.9. The lowest BCUT2D eigenvalue weighted by Crippen LogP contribution is -2.41. The van der Waals surface area contributed by atoms with Gasteiger partial charge in [-0.1, -0.05) is 6.07 Å². The molecule has 0 bridgehead atoms. The maximum atomic E-state index is 13.8. The van der Waals surface area contributed by atoms with Crippen molar-refractivity contribution in [3.8, 4) is 5.88 Å². The van der Waals surface area contributed by atoms with E-state index in [1.807, 2.05) is 0 Å². The number of benzene rings is 1. The van der Waals surface area contributed by atoms with E-state index < -0.39 is 23.7 Å². The second-order valence-electron chi connectivity index (χ2n) is 9.73. The van der Waals surface area contributed by atoms with Gasteiger partial charge in [0, 0.05) is 52.5 Å². The minimum atomic E-state index is -4.82. The van der Waals surface area contributed by atoms with Gasteiger partial charge in [-0.3, -0.25) is 4.90 Å². The van der Waals surface area contributed by atoms with E-state index in [2.05, 4.69) is 9.88 Å². The zero-order chi connectivity index (χ0) is 24.7. The van der Waals surface area contributed by atoms with Gasteiger partial charge in [0.05, 0.1) is 18.1 Å². The number of likely N-dealkylation sites (tertiary alicyclic amines) is 1. The lowest BCUT2D eigenvalue weighted by molar-refractivity contribution is -0.140. The first-order valence-electron chi connectivity index (χ1n) is 11.8. The van der Waals surface area contributed by atoms with Crippen LogP contribution in [0.1, 0.15) is 24.0 Å². The molecule has 1 aromatic carbocycles. The van der Waals surface area contributed by atoms with E-state index in [1.165, 1.54) is 23.5 Å².